The molecular weight excluding hydrogens is 448 g/mol. The lowest BCUT2D eigenvalue weighted by Gasteiger charge is -2.31. The van der Waals surface area contributed by atoms with E-state index in [4.69, 9.17) is 8.94 Å². The highest BCUT2D eigenvalue weighted by atomic mass is 16.5. The number of carbonyl (C=O) groups excluding carboxylic acids is 3. The minimum absolute atomic E-state index is 0.0643. The molecule has 1 saturated carbocycles. The van der Waals surface area contributed by atoms with Gasteiger partial charge in [-0.3, -0.25) is 14.4 Å². The van der Waals surface area contributed by atoms with E-state index in [9.17, 15) is 14.4 Å². The van der Waals surface area contributed by atoms with Crippen LogP contribution >= 0.6 is 0 Å². The summed E-state index contributed by atoms with van der Waals surface area (Å²) >= 11 is 0. The zero-order valence-corrected chi connectivity index (χ0v) is 19.7. The SMILES string of the molecule is Cc1cc(NC(=O)CCC(=O)N(Cc2ccccc2)C(C(=O)NC2CCCC2)c2ccco2)no1. The number of furan rings is 1. The molecule has 0 saturated heterocycles. The van der Waals surface area contributed by atoms with Crippen LogP contribution in [0, 0.1) is 6.92 Å². The monoisotopic (exact) mass is 478 g/mol. The van der Waals surface area contributed by atoms with Crippen LogP contribution in [-0.2, 0) is 20.9 Å². The molecule has 1 atom stereocenters. The number of rotatable bonds is 10. The lowest BCUT2D eigenvalue weighted by molar-refractivity contribution is -0.143. The Labute approximate surface area is 203 Å². The molecule has 1 fully saturated rings. The number of carbonyl (C=O) groups is 3. The Kier molecular flexibility index (Phi) is 7.97. The topological polar surface area (TPSA) is 118 Å². The van der Waals surface area contributed by atoms with Gasteiger partial charge in [-0.25, -0.2) is 0 Å². The van der Waals surface area contributed by atoms with Gasteiger partial charge in [0.2, 0.25) is 11.8 Å². The number of hydrogen-bond acceptors (Lipinski definition) is 6. The third kappa shape index (κ3) is 6.59. The van der Waals surface area contributed by atoms with Gasteiger partial charge in [0, 0.05) is 31.5 Å². The van der Waals surface area contributed by atoms with Crippen LogP contribution in [0.4, 0.5) is 5.82 Å². The van der Waals surface area contributed by atoms with E-state index in [1.807, 2.05) is 30.3 Å². The number of benzene rings is 1. The van der Waals surface area contributed by atoms with Crippen molar-refractivity contribution < 1.29 is 23.3 Å². The van der Waals surface area contributed by atoms with Crippen LogP contribution in [0.25, 0.3) is 0 Å². The van der Waals surface area contributed by atoms with Crippen molar-refractivity contribution in [1.82, 2.24) is 15.4 Å². The maximum atomic E-state index is 13.5. The molecule has 184 valence electrons. The Hall–Kier alpha value is -3.88. The maximum Gasteiger partial charge on any atom is 0.250 e. The molecule has 1 aliphatic rings. The third-order valence-corrected chi connectivity index (χ3v) is 6.05. The first-order chi connectivity index (χ1) is 17.0. The van der Waals surface area contributed by atoms with E-state index < -0.39 is 6.04 Å². The lowest BCUT2D eigenvalue weighted by atomic mass is 10.1. The van der Waals surface area contributed by atoms with Crippen molar-refractivity contribution in [3.8, 4) is 0 Å². The molecule has 2 aromatic heterocycles. The molecule has 9 heteroatoms. The summed E-state index contributed by atoms with van der Waals surface area (Å²) in [4.78, 5) is 40.8. The van der Waals surface area contributed by atoms with E-state index in [2.05, 4.69) is 15.8 Å². The first-order valence-corrected chi connectivity index (χ1v) is 11.9. The van der Waals surface area contributed by atoms with E-state index in [-0.39, 0.29) is 43.1 Å². The highest BCUT2D eigenvalue weighted by Crippen LogP contribution is 2.27. The van der Waals surface area contributed by atoms with Gasteiger partial charge in [0.25, 0.3) is 5.91 Å². The Morgan fingerprint density at radius 1 is 1.09 bits per heavy atom. The molecule has 3 amide bonds. The van der Waals surface area contributed by atoms with Gasteiger partial charge in [-0.15, -0.1) is 0 Å². The van der Waals surface area contributed by atoms with Gasteiger partial charge in [-0.1, -0.05) is 48.3 Å². The minimum atomic E-state index is -0.945. The van der Waals surface area contributed by atoms with Gasteiger partial charge in [-0.05, 0) is 37.5 Å². The molecular formula is C26H30N4O5. The van der Waals surface area contributed by atoms with Crippen molar-refractivity contribution >= 4 is 23.5 Å². The van der Waals surface area contributed by atoms with Crippen molar-refractivity contribution in [1.29, 1.82) is 0 Å². The van der Waals surface area contributed by atoms with Crippen molar-refractivity contribution in [2.45, 2.75) is 64.1 Å². The molecule has 3 aromatic rings. The molecule has 0 spiro atoms. The zero-order valence-electron chi connectivity index (χ0n) is 19.7. The summed E-state index contributed by atoms with van der Waals surface area (Å²) in [6, 6.07) is 13.6. The number of aryl methyl sites for hydroxylation is 1. The maximum absolute atomic E-state index is 13.5. The number of anilines is 1. The van der Waals surface area contributed by atoms with Crippen LogP contribution < -0.4 is 10.6 Å². The summed E-state index contributed by atoms with van der Waals surface area (Å²) in [5.41, 5.74) is 0.869. The smallest absolute Gasteiger partial charge is 0.250 e. The number of aromatic nitrogens is 1. The van der Waals surface area contributed by atoms with Gasteiger partial charge in [0.1, 0.15) is 11.5 Å². The first kappa shape index (κ1) is 24.3. The molecule has 1 unspecified atom stereocenters. The van der Waals surface area contributed by atoms with Crippen LogP contribution in [0.15, 0.2) is 63.7 Å². The summed E-state index contributed by atoms with van der Waals surface area (Å²) in [5.74, 6) is 0.274. The summed E-state index contributed by atoms with van der Waals surface area (Å²) in [7, 11) is 0. The van der Waals surface area contributed by atoms with Crippen molar-refractivity contribution in [3.63, 3.8) is 0 Å². The molecule has 35 heavy (non-hydrogen) atoms. The summed E-state index contributed by atoms with van der Waals surface area (Å²) < 4.78 is 10.6. The fourth-order valence-electron chi connectivity index (χ4n) is 4.32. The fourth-order valence-corrected chi connectivity index (χ4v) is 4.32. The van der Waals surface area contributed by atoms with Gasteiger partial charge < -0.3 is 24.5 Å². The van der Waals surface area contributed by atoms with Crippen molar-refractivity contribution in [2.24, 2.45) is 0 Å². The van der Waals surface area contributed by atoms with E-state index >= 15 is 0 Å². The van der Waals surface area contributed by atoms with Crippen LogP contribution in [0.1, 0.15) is 61.7 Å². The van der Waals surface area contributed by atoms with Gasteiger partial charge in [0.15, 0.2) is 11.9 Å². The third-order valence-electron chi connectivity index (χ3n) is 6.05. The Bertz CT molecular complexity index is 1120. The average molecular weight is 479 g/mol. The second kappa shape index (κ2) is 11.5. The second-order valence-electron chi connectivity index (χ2n) is 8.79. The number of nitrogens with one attached hydrogen (secondary N) is 2. The Morgan fingerprint density at radius 3 is 2.51 bits per heavy atom. The van der Waals surface area contributed by atoms with Crippen molar-refractivity contribution in [3.05, 3.63) is 71.9 Å². The van der Waals surface area contributed by atoms with Crippen LogP contribution in [-0.4, -0.2) is 33.8 Å². The molecule has 1 aromatic carbocycles. The van der Waals surface area contributed by atoms with E-state index in [0.29, 0.717) is 17.3 Å². The van der Waals surface area contributed by atoms with Crippen LogP contribution in [0.3, 0.4) is 0 Å². The molecule has 1 aliphatic carbocycles. The molecule has 0 radical (unpaired) electrons. The average Bonchev–Trinajstić information content (AvgIpc) is 3.62. The molecule has 2 heterocycles. The van der Waals surface area contributed by atoms with Gasteiger partial charge in [-0.2, -0.15) is 0 Å². The first-order valence-electron chi connectivity index (χ1n) is 11.9. The minimum Gasteiger partial charge on any atom is -0.467 e. The number of nitrogens with zero attached hydrogens (tertiary/aromatic N) is 2. The highest BCUT2D eigenvalue weighted by molar-refractivity contribution is 5.94. The summed E-state index contributed by atoms with van der Waals surface area (Å²) in [6.07, 6.45) is 5.33. The quantitative estimate of drug-likeness (QED) is 0.453. The second-order valence-corrected chi connectivity index (χ2v) is 8.79. The predicted octanol–water partition coefficient (Wildman–Crippen LogP) is 4.12. The molecule has 4 rings (SSSR count). The molecule has 0 bridgehead atoms. The zero-order chi connectivity index (χ0) is 24.6. The largest absolute Gasteiger partial charge is 0.467 e. The van der Waals surface area contributed by atoms with Gasteiger partial charge in [0.05, 0.1) is 6.26 Å². The molecule has 0 aliphatic heterocycles. The summed E-state index contributed by atoms with van der Waals surface area (Å²) in [5, 5.41) is 9.46. The lowest BCUT2D eigenvalue weighted by Crippen LogP contribution is -2.45. The highest BCUT2D eigenvalue weighted by Gasteiger charge is 2.35. The standard InChI is InChI=1S/C26H30N4O5/c1-18-16-22(29-35-18)28-23(31)13-14-24(32)30(17-19-8-3-2-4-9-19)25(21-12-7-15-34-21)26(33)27-20-10-5-6-11-20/h2-4,7-9,12,15-16,20,25H,5-6,10-11,13-14,17H2,1H3,(H,27,33)(H,28,29,31). The Balaban J connectivity index is 1.52. The molecule has 2 N–H and O–H groups in total. The molecule has 9 nitrogen and oxygen atoms in total. The van der Waals surface area contributed by atoms with Crippen LogP contribution in [0.5, 0.6) is 0 Å². The summed E-state index contributed by atoms with van der Waals surface area (Å²) in [6.45, 7) is 1.92. The normalized spacial score (nSPS) is 14.4. The van der Waals surface area contributed by atoms with E-state index in [1.165, 1.54) is 11.2 Å². The van der Waals surface area contributed by atoms with Gasteiger partial charge >= 0.3 is 0 Å². The van der Waals surface area contributed by atoms with Crippen molar-refractivity contribution in [2.75, 3.05) is 5.32 Å². The Morgan fingerprint density at radius 2 is 1.86 bits per heavy atom. The fraction of sp³-hybridized carbons (Fsp3) is 0.385. The predicted molar refractivity (Wildman–Crippen MR) is 128 cm³/mol. The van der Waals surface area contributed by atoms with Crippen LogP contribution in [0.2, 0.25) is 0 Å². The number of hydrogen-bond donors (Lipinski definition) is 2. The van der Waals surface area contributed by atoms with E-state index in [1.54, 1.807) is 25.1 Å². The van der Waals surface area contributed by atoms with E-state index in [0.717, 1.165) is 31.2 Å². The number of amides is 3.